The summed E-state index contributed by atoms with van der Waals surface area (Å²) in [5.41, 5.74) is 2.71. The van der Waals surface area contributed by atoms with E-state index in [9.17, 15) is 9.90 Å². The first-order valence-electron chi connectivity index (χ1n) is 6.55. The highest BCUT2D eigenvalue weighted by Crippen LogP contribution is 2.36. The molecule has 104 valence electrons. The third-order valence-corrected chi connectivity index (χ3v) is 3.30. The van der Waals surface area contributed by atoms with Gasteiger partial charge in [-0.3, -0.25) is 0 Å². The van der Waals surface area contributed by atoms with Gasteiger partial charge in [-0.15, -0.1) is 0 Å². The number of aromatic carboxylic acids is 1. The number of carboxylic acid groups (broad SMARTS) is 1. The highest BCUT2D eigenvalue weighted by atomic mass is 16.5. The van der Waals surface area contributed by atoms with Gasteiger partial charge in [-0.25, -0.2) is 4.79 Å². The van der Waals surface area contributed by atoms with E-state index in [1.54, 1.807) is 13.2 Å². The molecule has 2 aromatic rings. The molecule has 0 radical (unpaired) electrons. The zero-order valence-electron chi connectivity index (χ0n) is 11.9. The van der Waals surface area contributed by atoms with E-state index < -0.39 is 5.97 Å². The van der Waals surface area contributed by atoms with Gasteiger partial charge in [0.15, 0.2) is 0 Å². The SMILES string of the molecule is COc1cc(C(C)C)cc(C(=O)O)c1-c1ccccc1. The highest BCUT2D eigenvalue weighted by Gasteiger charge is 2.19. The molecule has 0 saturated carbocycles. The van der Waals surface area contributed by atoms with Crippen molar-refractivity contribution in [3.8, 4) is 16.9 Å². The van der Waals surface area contributed by atoms with Crippen LogP contribution >= 0.6 is 0 Å². The van der Waals surface area contributed by atoms with Gasteiger partial charge in [0, 0.05) is 5.56 Å². The zero-order chi connectivity index (χ0) is 14.7. The van der Waals surface area contributed by atoms with Crippen LogP contribution in [0.25, 0.3) is 11.1 Å². The second kappa shape index (κ2) is 5.78. The third-order valence-electron chi connectivity index (χ3n) is 3.30. The average molecular weight is 270 g/mol. The Bertz CT molecular complexity index is 616. The molecule has 20 heavy (non-hydrogen) atoms. The monoisotopic (exact) mass is 270 g/mol. The Balaban J connectivity index is 2.74. The van der Waals surface area contributed by atoms with Crippen molar-refractivity contribution in [2.75, 3.05) is 7.11 Å². The lowest BCUT2D eigenvalue weighted by atomic mass is 9.92. The van der Waals surface area contributed by atoms with Crippen LogP contribution in [0.1, 0.15) is 35.7 Å². The topological polar surface area (TPSA) is 46.5 Å². The largest absolute Gasteiger partial charge is 0.496 e. The normalized spacial score (nSPS) is 10.6. The van der Waals surface area contributed by atoms with Gasteiger partial charge in [-0.1, -0.05) is 44.2 Å². The van der Waals surface area contributed by atoms with Gasteiger partial charge in [0.2, 0.25) is 0 Å². The van der Waals surface area contributed by atoms with Crippen molar-refractivity contribution in [2.45, 2.75) is 19.8 Å². The summed E-state index contributed by atoms with van der Waals surface area (Å²) in [5, 5.41) is 9.50. The Morgan fingerprint density at radius 1 is 1.15 bits per heavy atom. The van der Waals surface area contributed by atoms with E-state index in [0.29, 0.717) is 11.3 Å². The number of carbonyl (C=O) groups is 1. The average Bonchev–Trinajstić information content (AvgIpc) is 2.46. The number of methoxy groups -OCH3 is 1. The van der Waals surface area contributed by atoms with Crippen LogP contribution in [0.15, 0.2) is 42.5 Å². The maximum atomic E-state index is 11.6. The Kier molecular flexibility index (Phi) is 4.08. The summed E-state index contributed by atoms with van der Waals surface area (Å²) in [4.78, 5) is 11.6. The number of rotatable bonds is 4. The third kappa shape index (κ3) is 2.67. The van der Waals surface area contributed by atoms with Gasteiger partial charge in [-0.05, 0) is 29.2 Å². The van der Waals surface area contributed by atoms with Crippen molar-refractivity contribution in [2.24, 2.45) is 0 Å². The fourth-order valence-electron chi connectivity index (χ4n) is 2.20. The summed E-state index contributed by atoms with van der Waals surface area (Å²) in [6.45, 7) is 4.06. The number of benzene rings is 2. The van der Waals surface area contributed by atoms with Gasteiger partial charge >= 0.3 is 5.97 Å². The molecular formula is C17H18O3. The molecule has 0 unspecified atom stereocenters. The van der Waals surface area contributed by atoms with E-state index >= 15 is 0 Å². The highest BCUT2D eigenvalue weighted by molar-refractivity contribution is 5.98. The Hall–Kier alpha value is -2.29. The molecule has 0 fully saturated rings. The lowest BCUT2D eigenvalue weighted by Crippen LogP contribution is -2.04. The van der Waals surface area contributed by atoms with Crippen molar-refractivity contribution in [3.63, 3.8) is 0 Å². The van der Waals surface area contributed by atoms with E-state index in [-0.39, 0.29) is 11.5 Å². The summed E-state index contributed by atoms with van der Waals surface area (Å²) in [7, 11) is 1.57. The molecule has 0 saturated heterocycles. The van der Waals surface area contributed by atoms with Crippen molar-refractivity contribution in [1.29, 1.82) is 0 Å². The molecule has 1 N–H and O–H groups in total. The van der Waals surface area contributed by atoms with Crippen LogP contribution in [0.2, 0.25) is 0 Å². The number of hydrogen-bond acceptors (Lipinski definition) is 2. The van der Waals surface area contributed by atoms with E-state index in [1.165, 1.54) is 0 Å². The first-order valence-corrected chi connectivity index (χ1v) is 6.55. The molecule has 0 aromatic heterocycles. The van der Waals surface area contributed by atoms with E-state index in [1.807, 2.05) is 50.2 Å². The molecular weight excluding hydrogens is 252 g/mol. The molecule has 2 rings (SSSR count). The van der Waals surface area contributed by atoms with E-state index in [4.69, 9.17) is 4.74 Å². The lowest BCUT2D eigenvalue weighted by Gasteiger charge is -2.16. The summed E-state index contributed by atoms with van der Waals surface area (Å²) in [6, 6.07) is 13.1. The van der Waals surface area contributed by atoms with Crippen LogP contribution in [0, 0.1) is 0 Å². The van der Waals surface area contributed by atoms with Crippen LogP contribution in [0.3, 0.4) is 0 Å². The van der Waals surface area contributed by atoms with Gasteiger partial charge < -0.3 is 9.84 Å². The number of ether oxygens (including phenoxy) is 1. The van der Waals surface area contributed by atoms with Gasteiger partial charge in [-0.2, -0.15) is 0 Å². The van der Waals surface area contributed by atoms with Crippen LogP contribution < -0.4 is 4.74 Å². The second-order valence-corrected chi connectivity index (χ2v) is 4.97. The van der Waals surface area contributed by atoms with Crippen molar-refractivity contribution < 1.29 is 14.6 Å². The molecule has 0 aliphatic carbocycles. The van der Waals surface area contributed by atoms with E-state index in [0.717, 1.165) is 11.1 Å². The molecule has 2 aromatic carbocycles. The quantitative estimate of drug-likeness (QED) is 0.906. The Morgan fingerprint density at radius 2 is 1.80 bits per heavy atom. The minimum Gasteiger partial charge on any atom is -0.496 e. The minimum absolute atomic E-state index is 0.242. The van der Waals surface area contributed by atoms with Crippen molar-refractivity contribution in [1.82, 2.24) is 0 Å². The number of hydrogen-bond donors (Lipinski definition) is 1. The van der Waals surface area contributed by atoms with Gasteiger partial charge in [0.05, 0.1) is 12.7 Å². The first-order chi connectivity index (χ1) is 9.54. The predicted octanol–water partition coefficient (Wildman–Crippen LogP) is 4.18. The molecule has 3 heteroatoms. The predicted molar refractivity (Wildman–Crippen MR) is 79.5 cm³/mol. The zero-order valence-corrected chi connectivity index (χ0v) is 11.9. The Labute approximate surface area is 118 Å². The molecule has 0 atom stereocenters. The standard InChI is InChI=1S/C17H18O3/c1-11(2)13-9-14(17(18)19)16(15(10-13)20-3)12-7-5-4-6-8-12/h4-11H,1-3H3,(H,18,19). The summed E-state index contributed by atoms with van der Waals surface area (Å²) in [5.74, 6) is -0.101. The molecule has 0 aliphatic rings. The molecule has 0 heterocycles. The first kappa shape index (κ1) is 14.1. The summed E-state index contributed by atoms with van der Waals surface area (Å²) in [6.07, 6.45) is 0. The summed E-state index contributed by atoms with van der Waals surface area (Å²) < 4.78 is 5.42. The Morgan fingerprint density at radius 3 is 2.30 bits per heavy atom. The van der Waals surface area contributed by atoms with Crippen LogP contribution in [0.5, 0.6) is 5.75 Å². The number of carboxylic acids is 1. The summed E-state index contributed by atoms with van der Waals surface area (Å²) >= 11 is 0. The maximum Gasteiger partial charge on any atom is 0.336 e. The van der Waals surface area contributed by atoms with Crippen LogP contribution in [0.4, 0.5) is 0 Å². The van der Waals surface area contributed by atoms with Crippen LogP contribution in [-0.2, 0) is 0 Å². The molecule has 0 bridgehead atoms. The molecule has 0 aliphatic heterocycles. The van der Waals surface area contributed by atoms with Gasteiger partial charge in [0.1, 0.15) is 5.75 Å². The van der Waals surface area contributed by atoms with Crippen molar-refractivity contribution in [3.05, 3.63) is 53.6 Å². The lowest BCUT2D eigenvalue weighted by molar-refractivity contribution is 0.0697. The van der Waals surface area contributed by atoms with E-state index in [2.05, 4.69) is 0 Å². The fourth-order valence-corrected chi connectivity index (χ4v) is 2.20. The van der Waals surface area contributed by atoms with Crippen LogP contribution in [-0.4, -0.2) is 18.2 Å². The molecule has 0 spiro atoms. The fraction of sp³-hybridized carbons (Fsp3) is 0.235. The molecule has 3 nitrogen and oxygen atoms in total. The maximum absolute atomic E-state index is 11.6. The van der Waals surface area contributed by atoms with Gasteiger partial charge in [0.25, 0.3) is 0 Å². The smallest absolute Gasteiger partial charge is 0.336 e. The van der Waals surface area contributed by atoms with Crippen molar-refractivity contribution >= 4 is 5.97 Å². The second-order valence-electron chi connectivity index (χ2n) is 4.97. The molecule has 0 amide bonds. The minimum atomic E-state index is -0.940.